The van der Waals surface area contributed by atoms with Gasteiger partial charge in [-0.1, -0.05) is 0 Å². The molecule has 0 amide bonds. The molecule has 0 fully saturated rings. The van der Waals surface area contributed by atoms with Crippen LogP contribution < -0.4 is 4.74 Å². The number of pyridine rings is 1. The summed E-state index contributed by atoms with van der Waals surface area (Å²) in [5, 5.41) is 0. The van der Waals surface area contributed by atoms with Gasteiger partial charge in [-0.2, -0.15) is 0 Å². The second-order valence-corrected chi connectivity index (χ2v) is 4.90. The van der Waals surface area contributed by atoms with E-state index in [9.17, 15) is 0 Å². The second kappa shape index (κ2) is 6.15. The molecule has 3 rings (SSSR count). The number of aromatic amines is 1. The van der Waals surface area contributed by atoms with E-state index in [1.165, 1.54) is 0 Å². The molecule has 2 heterocycles. The minimum Gasteiger partial charge on any atom is -0.496 e. The summed E-state index contributed by atoms with van der Waals surface area (Å²) in [6.45, 7) is 0. The number of nitrogens with one attached hydrogen (secondary N) is 1. The molecule has 0 atom stereocenters. The highest BCUT2D eigenvalue weighted by Gasteiger charge is 2.08. The number of H-pyrrole nitrogens is 1. The Labute approximate surface area is 127 Å². The molecule has 1 N–H and O–H groups in total. The van der Waals surface area contributed by atoms with Crippen LogP contribution in [0.4, 0.5) is 0 Å². The van der Waals surface area contributed by atoms with Crippen molar-refractivity contribution in [3.8, 4) is 17.1 Å². The van der Waals surface area contributed by atoms with Gasteiger partial charge < -0.3 is 9.72 Å². The Kier molecular flexibility index (Phi) is 4.52. The lowest BCUT2D eigenvalue weighted by Gasteiger charge is -2.07. The van der Waals surface area contributed by atoms with E-state index < -0.39 is 0 Å². The first-order valence-corrected chi connectivity index (χ1v) is 7.06. The summed E-state index contributed by atoms with van der Waals surface area (Å²) in [6.07, 6.45) is 5.54. The molecule has 6 heteroatoms. The van der Waals surface area contributed by atoms with Crippen molar-refractivity contribution >= 4 is 35.2 Å². The lowest BCUT2D eigenvalue weighted by molar-refractivity contribution is 0.405. The van der Waals surface area contributed by atoms with E-state index in [1.54, 1.807) is 31.3 Å². The number of benzene rings is 1. The van der Waals surface area contributed by atoms with Gasteiger partial charge in [-0.15, -0.1) is 24.2 Å². The molecule has 0 aliphatic rings. The van der Waals surface area contributed by atoms with Crippen LogP contribution in [0.15, 0.2) is 41.6 Å². The number of aromatic nitrogens is 3. The van der Waals surface area contributed by atoms with Crippen LogP contribution in [0.2, 0.25) is 0 Å². The summed E-state index contributed by atoms with van der Waals surface area (Å²) in [7, 11) is 1.68. The van der Waals surface area contributed by atoms with Crippen molar-refractivity contribution in [2.45, 2.75) is 4.90 Å². The van der Waals surface area contributed by atoms with Gasteiger partial charge in [0.2, 0.25) is 0 Å². The molecule has 0 saturated carbocycles. The second-order valence-electron chi connectivity index (χ2n) is 4.05. The molecule has 0 unspecified atom stereocenters. The lowest BCUT2D eigenvalue weighted by atomic mass is 10.2. The van der Waals surface area contributed by atoms with Crippen molar-refractivity contribution in [1.29, 1.82) is 0 Å². The molecule has 2 aromatic heterocycles. The molecule has 0 bridgehead atoms. The maximum absolute atomic E-state index is 5.40. The lowest BCUT2D eigenvalue weighted by Crippen LogP contribution is -1.88. The van der Waals surface area contributed by atoms with Gasteiger partial charge in [0, 0.05) is 16.7 Å². The van der Waals surface area contributed by atoms with Crippen molar-refractivity contribution in [2.24, 2.45) is 0 Å². The van der Waals surface area contributed by atoms with Crippen LogP contribution in [0.25, 0.3) is 22.4 Å². The smallest absolute Gasteiger partial charge is 0.138 e. The van der Waals surface area contributed by atoms with Gasteiger partial charge in [-0.3, -0.25) is 4.98 Å². The summed E-state index contributed by atoms with van der Waals surface area (Å²) in [5.41, 5.74) is 2.86. The first-order valence-electron chi connectivity index (χ1n) is 5.84. The fourth-order valence-electron chi connectivity index (χ4n) is 1.98. The zero-order valence-corrected chi connectivity index (χ0v) is 12.7. The highest BCUT2D eigenvalue weighted by molar-refractivity contribution is 7.98. The highest BCUT2D eigenvalue weighted by atomic mass is 35.5. The van der Waals surface area contributed by atoms with Crippen LogP contribution in [0.1, 0.15) is 0 Å². The van der Waals surface area contributed by atoms with Crippen LogP contribution in [0.3, 0.4) is 0 Å². The maximum atomic E-state index is 5.40. The molecule has 0 aliphatic carbocycles. The Balaban J connectivity index is 0.00000147. The number of imidazole rings is 1. The predicted molar refractivity (Wildman–Crippen MR) is 84.9 cm³/mol. The SMILES string of the molecule is COc1cc(-c2nc3cnccc3[nH]2)ccc1SC.Cl. The van der Waals surface area contributed by atoms with E-state index >= 15 is 0 Å². The summed E-state index contributed by atoms with van der Waals surface area (Å²) < 4.78 is 5.40. The summed E-state index contributed by atoms with van der Waals surface area (Å²) in [6, 6.07) is 8.00. The average molecular weight is 308 g/mol. The standard InChI is InChI=1S/C14H13N3OS.ClH/c1-18-12-7-9(3-4-13(12)19-2)14-16-10-5-6-15-8-11(10)17-14;/h3-8H,1-2H3,(H,16,17);1H. The number of hydrogen-bond donors (Lipinski definition) is 1. The van der Waals surface area contributed by atoms with E-state index in [4.69, 9.17) is 4.74 Å². The molecular formula is C14H14ClN3OS. The largest absolute Gasteiger partial charge is 0.496 e. The number of thioether (sulfide) groups is 1. The minimum absolute atomic E-state index is 0. The van der Waals surface area contributed by atoms with Crippen LogP contribution >= 0.6 is 24.2 Å². The highest BCUT2D eigenvalue weighted by Crippen LogP contribution is 2.31. The molecule has 1 aromatic carbocycles. The molecule has 0 saturated heterocycles. The van der Waals surface area contributed by atoms with Gasteiger partial charge in [0.05, 0.1) is 18.8 Å². The van der Waals surface area contributed by atoms with Crippen LogP contribution in [0, 0.1) is 0 Å². The molecule has 0 aliphatic heterocycles. The van der Waals surface area contributed by atoms with Crippen molar-refractivity contribution in [3.05, 3.63) is 36.7 Å². The van der Waals surface area contributed by atoms with Crippen molar-refractivity contribution in [1.82, 2.24) is 15.0 Å². The number of ether oxygens (including phenoxy) is 1. The van der Waals surface area contributed by atoms with Gasteiger partial charge >= 0.3 is 0 Å². The van der Waals surface area contributed by atoms with Crippen molar-refractivity contribution < 1.29 is 4.74 Å². The Hall–Kier alpha value is -1.72. The molecule has 3 aromatic rings. The van der Waals surface area contributed by atoms with E-state index in [1.807, 2.05) is 30.5 Å². The third-order valence-electron chi connectivity index (χ3n) is 2.94. The minimum atomic E-state index is 0. The van der Waals surface area contributed by atoms with E-state index in [0.717, 1.165) is 33.1 Å². The number of halogens is 1. The van der Waals surface area contributed by atoms with Crippen LogP contribution in [-0.2, 0) is 0 Å². The molecular weight excluding hydrogens is 294 g/mol. The zero-order chi connectivity index (χ0) is 13.2. The normalized spacial score (nSPS) is 10.3. The number of hydrogen-bond acceptors (Lipinski definition) is 4. The number of rotatable bonds is 3. The van der Waals surface area contributed by atoms with Crippen molar-refractivity contribution in [2.75, 3.05) is 13.4 Å². The summed E-state index contributed by atoms with van der Waals surface area (Å²) in [5.74, 6) is 1.69. The Morgan fingerprint density at radius 1 is 1.25 bits per heavy atom. The third kappa shape index (κ3) is 2.59. The Morgan fingerprint density at radius 3 is 2.80 bits per heavy atom. The summed E-state index contributed by atoms with van der Waals surface area (Å²) >= 11 is 1.66. The first-order chi connectivity index (χ1) is 9.31. The number of methoxy groups -OCH3 is 1. The first kappa shape index (κ1) is 14.7. The Bertz CT molecular complexity index is 696. The zero-order valence-electron chi connectivity index (χ0n) is 11.1. The molecule has 104 valence electrons. The fraction of sp³-hybridized carbons (Fsp3) is 0.143. The van der Waals surface area contributed by atoms with Gasteiger partial charge in [0.15, 0.2) is 0 Å². The van der Waals surface area contributed by atoms with Crippen LogP contribution in [0.5, 0.6) is 5.75 Å². The third-order valence-corrected chi connectivity index (χ3v) is 3.72. The monoisotopic (exact) mass is 307 g/mol. The van der Waals surface area contributed by atoms with E-state index in [0.29, 0.717) is 0 Å². The predicted octanol–water partition coefficient (Wildman–Crippen LogP) is 3.78. The summed E-state index contributed by atoms with van der Waals surface area (Å²) in [4.78, 5) is 13.0. The fourth-order valence-corrected chi connectivity index (χ4v) is 2.52. The van der Waals surface area contributed by atoms with Crippen molar-refractivity contribution in [3.63, 3.8) is 0 Å². The molecule has 4 nitrogen and oxygen atoms in total. The topological polar surface area (TPSA) is 50.8 Å². The van der Waals surface area contributed by atoms with Gasteiger partial charge in [0.25, 0.3) is 0 Å². The molecule has 0 radical (unpaired) electrons. The number of nitrogens with zero attached hydrogens (tertiary/aromatic N) is 2. The van der Waals surface area contributed by atoms with Crippen LogP contribution in [-0.4, -0.2) is 28.3 Å². The molecule has 20 heavy (non-hydrogen) atoms. The number of fused-ring (bicyclic) bond motifs is 1. The quantitative estimate of drug-likeness (QED) is 0.748. The maximum Gasteiger partial charge on any atom is 0.138 e. The van der Waals surface area contributed by atoms with E-state index in [-0.39, 0.29) is 12.4 Å². The van der Waals surface area contributed by atoms with Gasteiger partial charge in [-0.25, -0.2) is 4.98 Å². The Morgan fingerprint density at radius 2 is 2.10 bits per heavy atom. The average Bonchev–Trinajstić information content (AvgIpc) is 2.90. The van der Waals surface area contributed by atoms with Gasteiger partial charge in [0.1, 0.15) is 17.1 Å². The van der Waals surface area contributed by atoms with Gasteiger partial charge in [-0.05, 0) is 30.5 Å². The molecule has 0 spiro atoms. The van der Waals surface area contributed by atoms with E-state index in [2.05, 4.69) is 15.0 Å².